The Labute approximate surface area is 201 Å². The topological polar surface area (TPSA) is 95.6 Å². The van der Waals surface area contributed by atoms with Crippen LogP contribution in [-0.2, 0) is 17.9 Å². The first-order valence-electron chi connectivity index (χ1n) is 10.3. The number of amides is 1. The first-order chi connectivity index (χ1) is 17.2. The third-order valence-corrected chi connectivity index (χ3v) is 4.95. The standard InChI is InChI=1S/C24H17F4N3O5/c1-34-24(33)13-2-4-14(5-3-13)35-12-15-6-7-19(36-15)23(32)29-20-8-9-31(30-20)11-16-21(27)17(25)10-18(26)22(16)28/h2-10H,11-12H2,1H3,(H,29,30,32). The van der Waals surface area contributed by atoms with Gasteiger partial charge in [0, 0.05) is 18.3 Å². The number of furan rings is 1. The Hall–Kier alpha value is -4.61. The maximum absolute atomic E-state index is 13.9. The van der Waals surface area contributed by atoms with Gasteiger partial charge in [-0.05, 0) is 36.4 Å². The summed E-state index contributed by atoms with van der Waals surface area (Å²) < 4.78 is 71.2. The number of aromatic nitrogens is 2. The monoisotopic (exact) mass is 503 g/mol. The quantitative estimate of drug-likeness (QED) is 0.213. The van der Waals surface area contributed by atoms with Crippen molar-refractivity contribution in [3.8, 4) is 5.75 Å². The number of methoxy groups -OCH3 is 1. The van der Waals surface area contributed by atoms with Crippen molar-refractivity contribution in [2.45, 2.75) is 13.2 Å². The predicted octanol–water partition coefficient (Wildman–Crippen LogP) is 4.70. The Bertz CT molecular complexity index is 1390. The van der Waals surface area contributed by atoms with Crippen LogP contribution in [0.4, 0.5) is 23.4 Å². The summed E-state index contributed by atoms with van der Waals surface area (Å²) in [4.78, 5) is 23.9. The zero-order chi connectivity index (χ0) is 25.8. The van der Waals surface area contributed by atoms with E-state index in [1.807, 2.05) is 0 Å². The number of halogens is 4. The van der Waals surface area contributed by atoms with Gasteiger partial charge in [-0.3, -0.25) is 9.48 Å². The summed E-state index contributed by atoms with van der Waals surface area (Å²) >= 11 is 0. The number of rotatable bonds is 8. The highest BCUT2D eigenvalue weighted by molar-refractivity contribution is 6.01. The van der Waals surface area contributed by atoms with Crippen molar-refractivity contribution in [2.75, 3.05) is 12.4 Å². The van der Waals surface area contributed by atoms with Gasteiger partial charge in [0.1, 0.15) is 18.1 Å². The maximum atomic E-state index is 13.9. The molecular weight excluding hydrogens is 486 g/mol. The molecule has 4 aromatic rings. The molecule has 2 aromatic heterocycles. The number of carbonyl (C=O) groups is 2. The van der Waals surface area contributed by atoms with E-state index < -0.39 is 47.3 Å². The van der Waals surface area contributed by atoms with E-state index >= 15 is 0 Å². The van der Waals surface area contributed by atoms with E-state index in [-0.39, 0.29) is 24.3 Å². The fourth-order valence-electron chi connectivity index (χ4n) is 3.15. The molecule has 0 atom stereocenters. The van der Waals surface area contributed by atoms with E-state index in [0.29, 0.717) is 17.1 Å². The van der Waals surface area contributed by atoms with Crippen LogP contribution in [0.5, 0.6) is 5.75 Å². The average molecular weight is 503 g/mol. The summed E-state index contributed by atoms with van der Waals surface area (Å²) in [6.45, 7) is -0.605. The zero-order valence-electron chi connectivity index (χ0n) is 18.6. The van der Waals surface area contributed by atoms with Crippen LogP contribution in [0, 0.1) is 23.3 Å². The van der Waals surface area contributed by atoms with Crippen LogP contribution in [-0.4, -0.2) is 28.8 Å². The first kappa shape index (κ1) is 24.5. The van der Waals surface area contributed by atoms with Crippen LogP contribution >= 0.6 is 0 Å². The molecule has 8 nitrogen and oxygen atoms in total. The fraction of sp³-hybridized carbons (Fsp3) is 0.125. The van der Waals surface area contributed by atoms with Crippen LogP contribution < -0.4 is 10.1 Å². The summed E-state index contributed by atoms with van der Waals surface area (Å²) in [5, 5.41) is 6.37. The lowest BCUT2D eigenvalue weighted by atomic mass is 10.2. The van der Waals surface area contributed by atoms with Crippen molar-refractivity contribution >= 4 is 17.7 Å². The smallest absolute Gasteiger partial charge is 0.337 e. The van der Waals surface area contributed by atoms with E-state index in [4.69, 9.17) is 9.15 Å². The van der Waals surface area contributed by atoms with E-state index in [0.717, 1.165) is 4.68 Å². The Morgan fingerprint density at radius 1 is 1.00 bits per heavy atom. The van der Waals surface area contributed by atoms with Crippen LogP contribution in [0.25, 0.3) is 0 Å². The highest BCUT2D eigenvalue weighted by atomic mass is 19.2. The molecule has 0 aliphatic carbocycles. The number of ether oxygens (including phenoxy) is 2. The van der Waals surface area contributed by atoms with Gasteiger partial charge < -0.3 is 19.2 Å². The highest BCUT2D eigenvalue weighted by Gasteiger charge is 2.20. The van der Waals surface area contributed by atoms with Gasteiger partial charge in [-0.15, -0.1) is 0 Å². The molecular formula is C24H17F4N3O5. The molecule has 0 radical (unpaired) electrons. The number of esters is 1. The lowest BCUT2D eigenvalue weighted by Crippen LogP contribution is -2.13. The molecule has 12 heteroatoms. The molecule has 0 saturated carbocycles. The minimum absolute atomic E-state index is 0.000795. The van der Waals surface area contributed by atoms with Gasteiger partial charge in [0.2, 0.25) is 0 Å². The molecule has 0 bridgehead atoms. The zero-order valence-corrected chi connectivity index (χ0v) is 18.6. The van der Waals surface area contributed by atoms with Crippen molar-refractivity contribution < 1.29 is 41.0 Å². The van der Waals surface area contributed by atoms with Gasteiger partial charge in [-0.1, -0.05) is 0 Å². The van der Waals surface area contributed by atoms with Crippen molar-refractivity contribution in [1.82, 2.24) is 9.78 Å². The second-order valence-corrected chi connectivity index (χ2v) is 7.37. The molecule has 0 aliphatic heterocycles. The number of nitrogens with zero attached hydrogens (tertiary/aromatic N) is 2. The molecule has 1 N–H and O–H groups in total. The van der Waals surface area contributed by atoms with Gasteiger partial charge >= 0.3 is 5.97 Å². The average Bonchev–Trinajstić information content (AvgIpc) is 3.53. The number of benzene rings is 2. The number of carbonyl (C=O) groups excluding carboxylic acids is 2. The molecule has 0 spiro atoms. The molecule has 0 aliphatic rings. The van der Waals surface area contributed by atoms with Crippen molar-refractivity contribution in [3.63, 3.8) is 0 Å². The lowest BCUT2D eigenvalue weighted by molar-refractivity contribution is 0.0600. The molecule has 0 saturated heterocycles. The fourth-order valence-corrected chi connectivity index (χ4v) is 3.15. The van der Waals surface area contributed by atoms with Crippen LogP contribution in [0.1, 0.15) is 32.2 Å². The minimum atomic E-state index is -1.53. The van der Waals surface area contributed by atoms with Crippen LogP contribution in [0.15, 0.2) is 59.1 Å². The Morgan fingerprint density at radius 2 is 1.69 bits per heavy atom. The highest BCUT2D eigenvalue weighted by Crippen LogP contribution is 2.21. The normalized spacial score (nSPS) is 10.8. The van der Waals surface area contributed by atoms with Crippen molar-refractivity contribution in [1.29, 1.82) is 0 Å². The molecule has 2 heterocycles. The predicted molar refractivity (Wildman–Crippen MR) is 116 cm³/mol. The van der Waals surface area contributed by atoms with Gasteiger partial charge in [0.05, 0.1) is 24.8 Å². The third kappa shape index (κ3) is 5.37. The largest absolute Gasteiger partial charge is 0.486 e. The number of anilines is 1. The van der Waals surface area contributed by atoms with Gasteiger partial charge in [0.25, 0.3) is 5.91 Å². The minimum Gasteiger partial charge on any atom is -0.486 e. The molecule has 2 aromatic carbocycles. The number of hydrogen-bond donors (Lipinski definition) is 1. The van der Waals surface area contributed by atoms with E-state index in [2.05, 4.69) is 15.2 Å². The summed E-state index contributed by atoms with van der Waals surface area (Å²) in [6.07, 6.45) is 1.27. The van der Waals surface area contributed by atoms with Crippen LogP contribution in [0.2, 0.25) is 0 Å². The summed E-state index contributed by atoms with van der Waals surface area (Å²) in [7, 11) is 1.28. The Kier molecular flexibility index (Phi) is 7.04. The third-order valence-electron chi connectivity index (χ3n) is 4.95. The van der Waals surface area contributed by atoms with Crippen LogP contribution in [0.3, 0.4) is 0 Å². The van der Waals surface area contributed by atoms with E-state index in [1.54, 1.807) is 12.1 Å². The maximum Gasteiger partial charge on any atom is 0.337 e. The van der Waals surface area contributed by atoms with E-state index in [9.17, 15) is 27.2 Å². The lowest BCUT2D eigenvalue weighted by Gasteiger charge is -2.07. The molecule has 4 rings (SSSR count). The summed E-state index contributed by atoms with van der Waals surface area (Å²) in [6, 6.07) is 10.6. The van der Waals surface area contributed by atoms with Crippen molar-refractivity contribution in [3.05, 3.63) is 101 Å². The van der Waals surface area contributed by atoms with Gasteiger partial charge in [-0.25, -0.2) is 22.4 Å². The second-order valence-electron chi connectivity index (χ2n) is 7.37. The summed E-state index contributed by atoms with van der Waals surface area (Å²) in [5.74, 6) is -6.51. The van der Waals surface area contributed by atoms with E-state index in [1.165, 1.54) is 43.6 Å². The molecule has 1 amide bonds. The van der Waals surface area contributed by atoms with Gasteiger partial charge in [-0.2, -0.15) is 5.10 Å². The second kappa shape index (κ2) is 10.3. The molecule has 0 unspecified atom stereocenters. The SMILES string of the molecule is COC(=O)c1ccc(OCc2ccc(C(=O)Nc3ccn(Cc4c(F)c(F)cc(F)c4F)n3)o2)cc1. The molecule has 186 valence electrons. The first-order valence-corrected chi connectivity index (χ1v) is 10.3. The van der Waals surface area contributed by atoms with Crippen molar-refractivity contribution in [2.24, 2.45) is 0 Å². The molecule has 36 heavy (non-hydrogen) atoms. The Morgan fingerprint density at radius 3 is 2.36 bits per heavy atom. The number of nitrogens with one attached hydrogen (secondary N) is 1. The van der Waals surface area contributed by atoms with Gasteiger partial charge in [0.15, 0.2) is 34.8 Å². The summed E-state index contributed by atoms with van der Waals surface area (Å²) in [5.41, 5.74) is -0.480. The number of hydrogen-bond acceptors (Lipinski definition) is 6. The molecule has 0 fully saturated rings. The Balaban J connectivity index is 1.35.